The van der Waals surface area contributed by atoms with Crippen LogP contribution in [0.1, 0.15) is 18.9 Å². The first-order chi connectivity index (χ1) is 12.6. The van der Waals surface area contributed by atoms with E-state index in [4.69, 9.17) is 17.3 Å². The van der Waals surface area contributed by atoms with Gasteiger partial charge in [-0.25, -0.2) is 9.97 Å². The second kappa shape index (κ2) is 6.87. The molecule has 1 fully saturated rings. The zero-order chi connectivity index (χ0) is 18.3. The number of hydrogen-bond acceptors (Lipinski definition) is 5. The molecule has 0 bridgehead atoms. The molecule has 6 nitrogen and oxygen atoms in total. The number of hydrogen-bond donors (Lipinski definition) is 3. The van der Waals surface area contributed by atoms with Crippen molar-refractivity contribution in [3.63, 3.8) is 0 Å². The van der Waals surface area contributed by atoms with E-state index in [0.717, 1.165) is 47.4 Å². The van der Waals surface area contributed by atoms with Gasteiger partial charge in [0.1, 0.15) is 22.9 Å². The number of aliphatic hydroxyl groups excluding tert-OH is 1. The fraction of sp³-hybridized carbons (Fsp3) is 0.368. The Balaban J connectivity index is 1.90. The third-order valence-corrected chi connectivity index (χ3v) is 5.20. The predicted molar refractivity (Wildman–Crippen MR) is 104 cm³/mol. The number of aliphatic hydroxyl groups is 1. The summed E-state index contributed by atoms with van der Waals surface area (Å²) >= 11 is 6.54. The van der Waals surface area contributed by atoms with Crippen LogP contribution in [0.15, 0.2) is 30.6 Å². The van der Waals surface area contributed by atoms with Crippen LogP contribution in [0.5, 0.6) is 0 Å². The smallest absolute Gasteiger partial charge is 0.144 e. The molecule has 1 saturated heterocycles. The van der Waals surface area contributed by atoms with Crippen molar-refractivity contribution < 1.29 is 5.11 Å². The summed E-state index contributed by atoms with van der Waals surface area (Å²) in [6, 6.07) is 7.84. The first kappa shape index (κ1) is 17.3. The molecule has 3 aromatic rings. The van der Waals surface area contributed by atoms with E-state index < -0.39 is 0 Å². The molecular weight excluding hydrogens is 350 g/mol. The molecule has 0 saturated carbocycles. The van der Waals surface area contributed by atoms with E-state index in [1.807, 2.05) is 24.3 Å². The van der Waals surface area contributed by atoms with Gasteiger partial charge < -0.3 is 20.7 Å². The van der Waals surface area contributed by atoms with E-state index in [-0.39, 0.29) is 12.6 Å². The minimum Gasteiger partial charge on any atom is -0.392 e. The number of nitrogens with zero attached hydrogens (tertiary/aromatic N) is 3. The Labute approximate surface area is 157 Å². The molecule has 2 aromatic heterocycles. The number of anilines is 1. The number of piperidine rings is 1. The van der Waals surface area contributed by atoms with Gasteiger partial charge in [-0.1, -0.05) is 36.7 Å². The number of halogens is 1. The summed E-state index contributed by atoms with van der Waals surface area (Å²) in [4.78, 5) is 14.3. The largest absolute Gasteiger partial charge is 0.392 e. The van der Waals surface area contributed by atoms with Gasteiger partial charge in [0.25, 0.3) is 0 Å². The summed E-state index contributed by atoms with van der Waals surface area (Å²) < 4.78 is 0. The molecule has 0 spiro atoms. The lowest BCUT2D eigenvalue weighted by molar-refractivity contribution is 0.282. The van der Waals surface area contributed by atoms with Crippen molar-refractivity contribution in [2.24, 2.45) is 11.7 Å². The van der Waals surface area contributed by atoms with Gasteiger partial charge in [-0.2, -0.15) is 0 Å². The van der Waals surface area contributed by atoms with Crippen LogP contribution < -0.4 is 10.6 Å². The molecule has 4 rings (SSSR count). The molecule has 26 heavy (non-hydrogen) atoms. The van der Waals surface area contributed by atoms with Crippen LogP contribution in [0.2, 0.25) is 5.15 Å². The van der Waals surface area contributed by atoms with E-state index in [1.54, 1.807) is 6.33 Å². The predicted octanol–water partition coefficient (Wildman–Crippen LogP) is 2.94. The average Bonchev–Trinajstić information content (AvgIpc) is 2.96. The molecule has 0 radical (unpaired) electrons. The number of nitrogens with two attached hydrogens (primary N) is 1. The minimum absolute atomic E-state index is 0.0182. The zero-order valence-electron chi connectivity index (χ0n) is 14.6. The monoisotopic (exact) mass is 371 g/mol. The van der Waals surface area contributed by atoms with Crippen molar-refractivity contribution >= 4 is 28.5 Å². The Morgan fingerprint density at radius 2 is 2.19 bits per heavy atom. The summed E-state index contributed by atoms with van der Waals surface area (Å²) in [5.74, 6) is 1.35. The Kier molecular flexibility index (Phi) is 4.56. The van der Waals surface area contributed by atoms with E-state index in [9.17, 15) is 5.11 Å². The highest BCUT2D eigenvalue weighted by molar-refractivity contribution is 6.35. The third-order valence-electron chi connectivity index (χ3n) is 4.91. The van der Waals surface area contributed by atoms with Gasteiger partial charge in [0, 0.05) is 24.7 Å². The highest BCUT2D eigenvalue weighted by Crippen LogP contribution is 2.40. The number of benzene rings is 1. The van der Waals surface area contributed by atoms with Crippen molar-refractivity contribution in [3.05, 3.63) is 41.3 Å². The van der Waals surface area contributed by atoms with Gasteiger partial charge in [-0.05, 0) is 29.5 Å². The molecule has 0 unspecified atom stereocenters. The maximum Gasteiger partial charge on any atom is 0.144 e. The third kappa shape index (κ3) is 3.05. The van der Waals surface area contributed by atoms with Crippen molar-refractivity contribution in [2.45, 2.75) is 26.0 Å². The Morgan fingerprint density at radius 1 is 1.35 bits per heavy atom. The van der Waals surface area contributed by atoms with Crippen molar-refractivity contribution in [2.75, 3.05) is 18.0 Å². The Morgan fingerprint density at radius 3 is 2.96 bits per heavy atom. The lowest BCUT2D eigenvalue weighted by atomic mass is 9.96. The number of H-pyrrole nitrogens is 1. The molecule has 0 aliphatic carbocycles. The number of nitrogens with one attached hydrogen (secondary N) is 1. The van der Waals surface area contributed by atoms with Crippen LogP contribution in [-0.2, 0) is 6.61 Å². The normalized spacial score (nSPS) is 20.7. The number of aromatic nitrogens is 3. The van der Waals surface area contributed by atoms with Gasteiger partial charge in [0.15, 0.2) is 0 Å². The van der Waals surface area contributed by atoms with Crippen LogP contribution in [-0.4, -0.2) is 39.2 Å². The molecule has 3 heterocycles. The lowest BCUT2D eigenvalue weighted by Gasteiger charge is -2.35. The maximum absolute atomic E-state index is 9.47. The van der Waals surface area contributed by atoms with Gasteiger partial charge in [-0.15, -0.1) is 0 Å². The van der Waals surface area contributed by atoms with Gasteiger partial charge >= 0.3 is 0 Å². The highest BCUT2D eigenvalue weighted by atomic mass is 35.5. The summed E-state index contributed by atoms with van der Waals surface area (Å²) in [5, 5.41) is 10.9. The minimum atomic E-state index is -0.0182. The molecule has 1 aliphatic rings. The van der Waals surface area contributed by atoms with Gasteiger partial charge in [0.05, 0.1) is 12.0 Å². The van der Waals surface area contributed by atoms with Crippen molar-refractivity contribution in [1.29, 1.82) is 0 Å². The number of rotatable bonds is 3. The SMILES string of the molecule is C[C@H]1C[C@@H](N)CN(c2ncnc3[nH]c(Cl)c(-c4cccc(CO)c4)c23)C1. The molecule has 0 amide bonds. The van der Waals surface area contributed by atoms with E-state index in [0.29, 0.717) is 16.7 Å². The molecule has 1 aromatic carbocycles. The Hall–Kier alpha value is -2.15. The van der Waals surface area contributed by atoms with Crippen molar-refractivity contribution in [1.82, 2.24) is 15.0 Å². The molecule has 136 valence electrons. The molecular formula is C19H22ClN5O. The quantitative estimate of drug-likeness (QED) is 0.658. The number of aromatic amines is 1. The maximum atomic E-state index is 9.47. The molecule has 7 heteroatoms. The molecule has 4 N–H and O–H groups in total. The summed E-state index contributed by atoms with van der Waals surface area (Å²) in [6.45, 7) is 3.85. The van der Waals surface area contributed by atoms with Crippen LogP contribution in [0.3, 0.4) is 0 Å². The van der Waals surface area contributed by atoms with Crippen molar-refractivity contribution in [3.8, 4) is 11.1 Å². The summed E-state index contributed by atoms with van der Waals surface area (Å²) in [5.41, 5.74) is 9.57. The van der Waals surface area contributed by atoms with Gasteiger partial charge in [0.2, 0.25) is 0 Å². The van der Waals surface area contributed by atoms with E-state index in [1.165, 1.54) is 0 Å². The van der Waals surface area contributed by atoms with E-state index >= 15 is 0 Å². The van der Waals surface area contributed by atoms with Crippen LogP contribution in [0.4, 0.5) is 5.82 Å². The van der Waals surface area contributed by atoms with Gasteiger partial charge in [-0.3, -0.25) is 0 Å². The Bertz CT molecular complexity index is 931. The summed E-state index contributed by atoms with van der Waals surface area (Å²) in [6.07, 6.45) is 2.58. The van der Waals surface area contributed by atoms with Crippen LogP contribution in [0.25, 0.3) is 22.2 Å². The second-order valence-electron chi connectivity index (χ2n) is 7.10. The average molecular weight is 372 g/mol. The van der Waals surface area contributed by atoms with Crippen LogP contribution >= 0.6 is 11.6 Å². The second-order valence-corrected chi connectivity index (χ2v) is 7.48. The standard InChI is InChI=1S/C19H22ClN5O/c1-11-5-14(21)8-25(7-11)19-16-15(13-4-2-3-12(6-13)9-26)17(20)24-18(16)22-10-23-19/h2-4,6,10-11,14,26H,5,7-9,21H2,1H3,(H,22,23,24)/t11-,14+/m0/s1. The highest BCUT2D eigenvalue weighted by Gasteiger charge is 2.27. The fourth-order valence-corrected chi connectivity index (χ4v) is 4.18. The molecule has 2 atom stereocenters. The summed E-state index contributed by atoms with van der Waals surface area (Å²) in [7, 11) is 0. The lowest BCUT2D eigenvalue weighted by Crippen LogP contribution is -2.46. The number of fused-ring (bicyclic) bond motifs is 1. The first-order valence-electron chi connectivity index (χ1n) is 8.79. The first-order valence-corrected chi connectivity index (χ1v) is 9.17. The zero-order valence-corrected chi connectivity index (χ0v) is 15.4. The fourth-order valence-electron chi connectivity index (χ4n) is 3.89. The van der Waals surface area contributed by atoms with Crippen LogP contribution in [0, 0.1) is 5.92 Å². The topological polar surface area (TPSA) is 91.1 Å². The van der Waals surface area contributed by atoms with E-state index in [2.05, 4.69) is 26.8 Å². The molecule has 1 aliphatic heterocycles.